The summed E-state index contributed by atoms with van der Waals surface area (Å²) in [4.78, 5) is 12.6. The lowest BCUT2D eigenvalue weighted by molar-refractivity contribution is -0.113. The minimum absolute atomic E-state index is 0.133. The SMILES string of the molecule is O=C(CSc1cc(Cl)ccc1Cl)Nc1ccc(F)cc1Cl. The van der Waals surface area contributed by atoms with Crippen molar-refractivity contribution in [1.82, 2.24) is 0 Å². The molecule has 0 unspecified atom stereocenters. The first-order chi connectivity index (χ1) is 9.95. The Bertz CT molecular complexity index is 681. The first kappa shape index (κ1) is 16.4. The maximum absolute atomic E-state index is 12.9. The molecule has 0 aromatic heterocycles. The number of hydrogen-bond acceptors (Lipinski definition) is 2. The molecule has 1 amide bonds. The number of rotatable bonds is 4. The highest BCUT2D eigenvalue weighted by molar-refractivity contribution is 8.00. The molecule has 1 N–H and O–H groups in total. The van der Waals surface area contributed by atoms with Crippen molar-refractivity contribution in [2.24, 2.45) is 0 Å². The van der Waals surface area contributed by atoms with E-state index in [-0.39, 0.29) is 16.7 Å². The fraction of sp³-hybridized carbons (Fsp3) is 0.0714. The maximum atomic E-state index is 12.9. The van der Waals surface area contributed by atoms with E-state index >= 15 is 0 Å². The van der Waals surface area contributed by atoms with Crippen molar-refractivity contribution >= 4 is 58.2 Å². The van der Waals surface area contributed by atoms with E-state index in [1.165, 1.54) is 23.9 Å². The van der Waals surface area contributed by atoms with E-state index in [2.05, 4.69) is 5.32 Å². The van der Waals surface area contributed by atoms with Crippen LogP contribution in [0.5, 0.6) is 0 Å². The van der Waals surface area contributed by atoms with Gasteiger partial charge in [-0.3, -0.25) is 4.79 Å². The van der Waals surface area contributed by atoms with Gasteiger partial charge in [0.15, 0.2) is 0 Å². The topological polar surface area (TPSA) is 29.1 Å². The summed E-state index contributed by atoms with van der Waals surface area (Å²) in [6, 6.07) is 8.80. The number of halogens is 4. The second kappa shape index (κ2) is 7.36. The van der Waals surface area contributed by atoms with Gasteiger partial charge in [-0.25, -0.2) is 4.39 Å². The standard InChI is InChI=1S/C14H9Cl3FNOS/c15-8-1-3-10(16)13(5-8)21-7-14(20)19-12-4-2-9(18)6-11(12)17/h1-6H,7H2,(H,19,20). The van der Waals surface area contributed by atoms with Gasteiger partial charge in [0.05, 0.1) is 21.5 Å². The van der Waals surface area contributed by atoms with Crippen LogP contribution in [-0.4, -0.2) is 11.7 Å². The smallest absolute Gasteiger partial charge is 0.234 e. The average Bonchev–Trinajstić information content (AvgIpc) is 2.43. The predicted octanol–water partition coefficient (Wildman–Crippen LogP) is 5.52. The highest BCUT2D eigenvalue weighted by Crippen LogP contribution is 2.30. The van der Waals surface area contributed by atoms with Gasteiger partial charge in [-0.2, -0.15) is 0 Å². The zero-order chi connectivity index (χ0) is 15.4. The van der Waals surface area contributed by atoms with Crippen LogP contribution in [0.3, 0.4) is 0 Å². The van der Waals surface area contributed by atoms with Crippen molar-refractivity contribution in [3.05, 3.63) is 57.3 Å². The Morgan fingerprint density at radius 3 is 2.57 bits per heavy atom. The van der Waals surface area contributed by atoms with Crippen LogP contribution in [0.2, 0.25) is 15.1 Å². The van der Waals surface area contributed by atoms with E-state index in [9.17, 15) is 9.18 Å². The van der Waals surface area contributed by atoms with Gasteiger partial charge in [0, 0.05) is 9.92 Å². The first-order valence-electron chi connectivity index (χ1n) is 5.78. The molecule has 0 aliphatic heterocycles. The normalized spacial score (nSPS) is 10.5. The van der Waals surface area contributed by atoms with Crippen molar-refractivity contribution in [1.29, 1.82) is 0 Å². The van der Waals surface area contributed by atoms with Crippen LogP contribution < -0.4 is 5.32 Å². The molecular weight excluding hydrogens is 356 g/mol. The van der Waals surface area contributed by atoms with Crippen LogP contribution in [0.15, 0.2) is 41.3 Å². The molecule has 0 heterocycles. The van der Waals surface area contributed by atoms with Crippen molar-refractivity contribution in [3.8, 4) is 0 Å². The van der Waals surface area contributed by atoms with E-state index in [1.807, 2.05) is 0 Å². The summed E-state index contributed by atoms with van der Waals surface area (Å²) in [5, 5.41) is 3.82. The highest BCUT2D eigenvalue weighted by atomic mass is 35.5. The van der Waals surface area contributed by atoms with E-state index < -0.39 is 5.82 Å². The van der Waals surface area contributed by atoms with Crippen LogP contribution in [0.4, 0.5) is 10.1 Å². The fourth-order valence-corrected chi connectivity index (χ4v) is 3.02. The third kappa shape index (κ3) is 4.78. The number of benzene rings is 2. The second-order valence-electron chi connectivity index (χ2n) is 4.04. The van der Waals surface area contributed by atoms with E-state index in [0.717, 1.165) is 6.07 Å². The van der Waals surface area contributed by atoms with Crippen LogP contribution in [0.1, 0.15) is 0 Å². The first-order valence-corrected chi connectivity index (χ1v) is 7.90. The third-order valence-electron chi connectivity index (χ3n) is 2.46. The molecule has 0 bridgehead atoms. The highest BCUT2D eigenvalue weighted by Gasteiger charge is 2.09. The Kier molecular flexibility index (Phi) is 5.76. The minimum atomic E-state index is -0.460. The zero-order valence-electron chi connectivity index (χ0n) is 10.5. The molecule has 0 radical (unpaired) electrons. The van der Waals surface area contributed by atoms with Gasteiger partial charge in [-0.1, -0.05) is 34.8 Å². The molecule has 0 atom stereocenters. The number of hydrogen-bond donors (Lipinski definition) is 1. The quantitative estimate of drug-likeness (QED) is 0.724. The number of carbonyl (C=O) groups excluding carboxylic acids is 1. The molecule has 2 aromatic rings. The van der Waals surface area contributed by atoms with Crippen LogP contribution >= 0.6 is 46.6 Å². The van der Waals surface area contributed by atoms with Gasteiger partial charge in [0.1, 0.15) is 5.82 Å². The number of nitrogens with one attached hydrogen (secondary N) is 1. The monoisotopic (exact) mass is 363 g/mol. The van der Waals surface area contributed by atoms with E-state index in [4.69, 9.17) is 34.8 Å². The lowest BCUT2D eigenvalue weighted by Gasteiger charge is -2.08. The van der Waals surface area contributed by atoms with E-state index in [0.29, 0.717) is 20.6 Å². The predicted molar refractivity (Wildman–Crippen MR) is 87.2 cm³/mol. The van der Waals surface area contributed by atoms with Gasteiger partial charge < -0.3 is 5.32 Å². The molecule has 0 saturated carbocycles. The van der Waals surface area contributed by atoms with Crippen molar-refractivity contribution in [2.45, 2.75) is 4.90 Å². The summed E-state index contributed by atoms with van der Waals surface area (Å²) in [5.41, 5.74) is 0.362. The lowest BCUT2D eigenvalue weighted by Crippen LogP contribution is -2.14. The molecule has 0 aliphatic rings. The number of anilines is 1. The second-order valence-corrected chi connectivity index (χ2v) is 6.30. The summed E-state index contributed by atoms with van der Waals surface area (Å²) in [5.74, 6) is -0.601. The zero-order valence-corrected chi connectivity index (χ0v) is 13.6. The summed E-state index contributed by atoms with van der Waals surface area (Å²) >= 11 is 19.0. The number of thioether (sulfide) groups is 1. The lowest BCUT2D eigenvalue weighted by atomic mass is 10.3. The molecule has 2 rings (SSSR count). The largest absolute Gasteiger partial charge is 0.324 e. The molecule has 2 nitrogen and oxygen atoms in total. The minimum Gasteiger partial charge on any atom is -0.324 e. The van der Waals surface area contributed by atoms with Gasteiger partial charge >= 0.3 is 0 Å². The van der Waals surface area contributed by atoms with Gasteiger partial charge in [-0.15, -0.1) is 11.8 Å². The molecule has 2 aromatic carbocycles. The molecule has 0 aliphatic carbocycles. The molecule has 0 saturated heterocycles. The summed E-state index contributed by atoms with van der Waals surface area (Å²) in [6.07, 6.45) is 0. The van der Waals surface area contributed by atoms with Crippen molar-refractivity contribution in [2.75, 3.05) is 11.1 Å². The maximum Gasteiger partial charge on any atom is 0.234 e. The molecule has 0 spiro atoms. The van der Waals surface area contributed by atoms with E-state index in [1.54, 1.807) is 18.2 Å². The van der Waals surface area contributed by atoms with Gasteiger partial charge in [-0.05, 0) is 36.4 Å². The van der Waals surface area contributed by atoms with Gasteiger partial charge in [0.25, 0.3) is 0 Å². The van der Waals surface area contributed by atoms with Gasteiger partial charge in [0.2, 0.25) is 5.91 Å². The molecule has 21 heavy (non-hydrogen) atoms. The Hall–Kier alpha value is -0.940. The summed E-state index contributed by atoms with van der Waals surface area (Å²) < 4.78 is 12.9. The Balaban J connectivity index is 1.97. The molecular formula is C14H9Cl3FNOS. The van der Waals surface area contributed by atoms with Crippen LogP contribution in [-0.2, 0) is 4.79 Å². The molecule has 110 valence electrons. The van der Waals surface area contributed by atoms with Crippen LogP contribution in [0.25, 0.3) is 0 Å². The molecule has 7 heteroatoms. The number of carbonyl (C=O) groups is 1. The van der Waals surface area contributed by atoms with Crippen molar-refractivity contribution in [3.63, 3.8) is 0 Å². The summed E-state index contributed by atoms with van der Waals surface area (Å²) in [7, 11) is 0. The Labute approximate surface area is 140 Å². The fourth-order valence-electron chi connectivity index (χ4n) is 1.51. The number of amides is 1. The summed E-state index contributed by atoms with van der Waals surface area (Å²) in [6.45, 7) is 0. The Morgan fingerprint density at radius 2 is 1.86 bits per heavy atom. The van der Waals surface area contributed by atoms with Crippen LogP contribution in [0, 0.1) is 5.82 Å². The third-order valence-corrected chi connectivity index (χ3v) is 4.50. The average molecular weight is 365 g/mol. The molecule has 0 fully saturated rings. The van der Waals surface area contributed by atoms with Crippen molar-refractivity contribution < 1.29 is 9.18 Å². The Morgan fingerprint density at radius 1 is 1.10 bits per heavy atom.